The quantitative estimate of drug-likeness (QED) is 0.676. The smallest absolute Gasteiger partial charge is 0.410 e. The molecule has 0 spiro atoms. The summed E-state index contributed by atoms with van der Waals surface area (Å²) in [5, 5.41) is 0. The molecule has 0 aromatic carbocycles. The largest absolute Gasteiger partial charge is 0.444 e. The molecule has 0 saturated carbocycles. The van der Waals surface area contributed by atoms with Crippen molar-refractivity contribution in [3.8, 4) is 0 Å². The van der Waals surface area contributed by atoms with Gasteiger partial charge in [-0.05, 0) is 52.0 Å². The van der Waals surface area contributed by atoms with Gasteiger partial charge in [-0.1, -0.05) is 5.57 Å². The summed E-state index contributed by atoms with van der Waals surface area (Å²) >= 11 is 0. The van der Waals surface area contributed by atoms with Gasteiger partial charge in [0.1, 0.15) is 5.60 Å². The normalized spacial score (nSPS) is 24.3. The van der Waals surface area contributed by atoms with Crippen LogP contribution in [0, 0.1) is 5.92 Å². The maximum Gasteiger partial charge on any atom is 0.410 e. The Kier molecular flexibility index (Phi) is 3.70. The van der Waals surface area contributed by atoms with Gasteiger partial charge in [-0.2, -0.15) is 0 Å². The van der Waals surface area contributed by atoms with E-state index in [1.807, 2.05) is 27.7 Å². The van der Waals surface area contributed by atoms with Gasteiger partial charge in [0.15, 0.2) is 5.78 Å². The van der Waals surface area contributed by atoms with Crippen molar-refractivity contribution < 1.29 is 14.3 Å². The van der Waals surface area contributed by atoms with Crippen LogP contribution in [0.4, 0.5) is 4.79 Å². The molecule has 106 valence electrons. The number of likely N-dealkylation sites (tertiary alicyclic amines) is 1. The standard InChI is InChI=1S/C15H23NO3/c1-10-12-7-8-16(14(18)19-15(2,3)4)9-11(12)5-6-13(10)17/h11H,5-9H2,1-4H3/t11-/m0/s1. The van der Waals surface area contributed by atoms with Gasteiger partial charge in [-0.25, -0.2) is 4.79 Å². The summed E-state index contributed by atoms with van der Waals surface area (Å²) in [5.74, 6) is 0.621. The molecule has 0 bridgehead atoms. The fraction of sp³-hybridized carbons (Fsp3) is 0.733. The molecule has 0 radical (unpaired) electrons. The molecular formula is C15H23NO3. The van der Waals surface area contributed by atoms with E-state index >= 15 is 0 Å². The minimum absolute atomic E-state index is 0.235. The van der Waals surface area contributed by atoms with Gasteiger partial charge in [-0.3, -0.25) is 4.79 Å². The van der Waals surface area contributed by atoms with Gasteiger partial charge >= 0.3 is 6.09 Å². The Morgan fingerprint density at radius 1 is 1.32 bits per heavy atom. The highest BCUT2D eigenvalue weighted by Crippen LogP contribution is 2.34. The molecule has 1 atom stereocenters. The summed E-state index contributed by atoms with van der Waals surface area (Å²) in [4.78, 5) is 25.5. The van der Waals surface area contributed by atoms with E-state index in [4.69, 9.17) is 4.74 Å². The number of ketones is 1. The minimum atomic E-state index is -0.453. The van der Waals surface area contributed by atoms with Crippen LogP contribution in [0.25, 0.3) is 0 Å². The third-order valence-corrected chi connectivity index (χ3v) is 3.86. The number of nitrogens with zero attached hydrogens (tertiary/aromatic N) is 1. The van der Waals surface area contributed by atoms with E-state index in [-0.39, 0.29) is 11.9 Å². The Balaban J connectivity index is 2.04. The van der Waals surface area contributed by atoms with E-state index in [1.54, 1.807) is 4.90 Å². The van der Waals surface area contributed by atoms with Crippen LogP contribution in [-0.4, -0.2) is 35.5 Å². The number of ether oxygens (including phenoxy) is 1. The van der Waals surface area contributed by atoms with Crippen molar-refractivity contribution in [2.24, 2.45) is 5.92 Å². The lowest BCUT2D eigenvalue weighted by molar-refractivity contribution is -0.116. The van der Waals surface area contributed by atoms with Crippen LogP contribution in [0.3, 0.4) is 0 Å². The van der Waals surface area contributed by atoms with Crippen molar-refractivity contribution in [2.75, 3.05) is 13.1 Å². The van der Waals surface area contributed by atoms with Gasteiger partial charge < -0.3 is 9.64 Å². The molecular weight excluding hydrogens is 242 g/mol. The Morgan fingerprint density at radius 2 is 2.00 bits per heavy atom. The van der Waals surface area contributed by atoms with Crippen LogP contribution >= 0.6 is 0 Å². The number of hydrogen-bond acceptors (Lipinski definition) is 3. The summed E-state index contributed by atoms with van der Waals surface area (Å²) in [6, 6.07) is 0. The highest BCUT2D eigenvalue weighted by molar-refractivity contribution is 5.96. The average molecular weight is 265 g/mol. The maximum atomic E-state index is 12.1. The predicted molar refractivity (Wildman–Crippen MR) is 72.9 cm³/mol. The Morgan fingerprint density at radius 3 is 2.63 bits per heavy atom. The number of carbonyl (C=O) groups excluding carboxylic acids is 2. The number of hydrogen-bond donors (Lipinski definition) is 0. The number of carbonyl (C=O) groups is 2. The van der Waals surface area contributed by atoms with Gasteiger partial charge in [0.2, 0.25) is 0 Å². The summed E-state index contributed by atoms with van der Waals surface area (Å²) in [5.41, 5.74) is 1.74. The number of allylic oxidation sites excluding steroid dienone is 1. The van der Waals surface area contributed by atoms with Crippen molar-refractivity contribution in [3.63, 3.8) is 0 Å². The van der Waals surface area contributed by atoms with Crippen LogP contribution in [0.15, 0.2) is 11.1 Å². The molecule has 2 aliphatic rings. The van der Waals surface area contributed by atoms with Gasteiger partial charge in [0.25, 0.3) is 0 Å². The zero-order chi connectivity index (χ0) is 14.2. The summed E-state index contributed by atoms with van der Waals surface area (Å²) in [6.07, 6.45) is 2.05. The molecule has 19 heavy (non-hydrogen) atoms. The van der Waals surface area contributed by atoms with Crippen LogP contribution in [0.1, 0.15) is 47.0 Å². The topological polar surface area (TPSA) is 46.6 Å². The average Bonchev–Trinajstić information content (AvgIpc) is 2.31. The Labute approximate surface area is 114 Å². The van der Waals surface area contributed by atoms with Crippen molar-refractivity contribution in [1.29, 1.82) is 0 Å². The first kappa shape index (κ1) is 14.1. The summed E-state index contributed by atoms with van der Waals surface area (Å²) < 4.78 is 5.41. The molecule has 1 aliphatic heterocycles. The van der Waals surface area contributed by atoms with Crippen molar-refractivity contribution in [2.45, 2.75) is 52.6 Å². The highest BCUT2D eigenvalue weighted by atomic mass is 16.6. The third-order valence-electron chi connectivity index (χ3n) is 3.86. The van der Waals surface area contributed by atoms with E-state index in [0.29, 0.717) is 25.4 Å². The van der Waals surface area contributed by atoms with Crippen LogP contribution in [-0.2, 0) is 9.53 Å². The number of rotatable bonds is 0. The minimum Gasteiger partial charge on any atom is -0.444 e. The monoisotopic (exact) mass is 265 g/mol. The van der Waals surface area contributed by atoms with Gasteiger partial charge in [-0.15, -0.1) is 0 Å². The first-order chi connectivity index (χ1) is 8.78. The molecule has 1 aliphatic carbocycles. The predicted octanol–water partition coefficient (Wildman–Crippen LogP) is 2.92. The third kappa shape index (κ3) is 3.17. The molecule has 0 unspecified atom stereocenters. The van der Waals surface area contributed by atoms with Gasteiger partial charge in [0, 0.05) is 19.5 Å². The first-order valence-electron chi connectivity index (χ1n) is 6.98. The van der Waals surface area contributed by atoms with Crippen LogP contribution < -0.4 is 0 Å². The molecule has 4 heteroatoms. The van der Waals surface area contributed by atoms with E-state index in [1.165, 1.54) is 5.57 Å². The van der Waals surface area contributed by atoms with E-state index < -0.39 is 5.60 Å². The van der Waals surface area contributed by atoms with Crippen molar-refractivity contribution >= 4 is 11.9 Å². The fourth-order valence-corrected chi connectivity index (χ4v) is 2.85. The van der Waals surface area contributed by atoms with E-state index in [2.05, 4.69) is 0 Å². The zero-order valence-electron chi connectivity index (χ0n) is 12.3. The van der Waals surface area contributed by atoms with Crippen LogP contribution in [0.2, 0.25) is 0 Å². The van der Waals surface area contributed by atoms with Crippen molar-refractivity contribution in [1.82, 2.24) is 4.90 Å². The summed E-state index contributed by atoms with van der Waals surface area (Å²) in [6.45, 7) is 8.91. The molecule has 0 aromatic heterocycles. The Bertz CT molecular complexity index is 431. The molecule has 1 heterocycles. The fourth-order valence-electron chi connectivity index (χ4n) is 2.85. The second-order valence-corrected chi connectivity index (χ2v) is 6.49. The number of piperidine rings is 1. The number of amides is 1. The number of Topliss-reactive ketones (excluding diaryl/α,β-unsaturated/α-hetero) is 1. The molecule has 1 fully saturated rings. The molecule has 1 saturated heterocycles. The molecule has 0 N–H and O–H groups in total. The second-order valence-electron chi connectivity index (χ2n) is 6.49. The van der Waals surface area contributed by atoms with Crippen LogP contribution in [0.5, 0.6) is 0 Å². The maximum absolute atomic E-state index is 12.1. The van der Waals surface area contributed by atoms with E-state index in [9.17, 15) is 9.59 Å². The SMILES string of the molecule is CC1=C2CCN(C(=O)OC(C)(C)C)C[C@@H]2CCC1=O. The van der Waals surface area contributed by atoms with Crippen molar-refractivity contribution in [3.05, 3.63) is 11.1 Å². The lowest BCUT2D eigenvalue weighted by Gasteiger charge is -2.38. The summed E-state index contributed by atoms with van der Waals surface area (Å²) in [7, 11) is 0. The lowest BCUT2D eigenvalue weighted by atomic mass is 9.79. The molecule has 4 nitrogen and oxygen atoms in total. The van der Waals surface area contributed by atoms with E-state index in [0.717, 1.165) is 18.4 Å². The second kappa shape index (κ2) is 4.99. The zero-order valence-corrected chi connectivity index (χ0v) is 12.3. The molecule has 2 rings (SSSR count). The highest BCUT2D eigenvalue weighted by Gasteiger charge is 2.34. The molecule has 1 amide bonds. The first-order valence-corrected chi connectivity index (χ1v) is 6.98. The number of fused-ring (bicyclic) bond motifs is 1. The Hall–Kier alpha value is -1.32. The van der Waals surface area contributed by atoms with Gasteiger partial charge in [0.05, 0.1) is 0 Å². The lowest BCUT2D eigenvalue weighted by Crippen LogP contribution is -2.44. The molecule has 0 aromatic rings.